The molecule has 2 heterocycles. The number of primary sulfonamides is 1. The predicted molar refractivity (Wildman–Crippen MR) is 70.6 cm³/mol. The fourth-order valence-corrected chi connectivity index (χ4v) is 2.82. The van der Waals surface area contributed by atoms with Crippen molar-refractivity contribution in [3.05, 3.63) is 18.0 Å². The van der Waals surface area contributed by atoms with Gasteiger partial charge in [0, 0.05) is 19.0 Å². The first-order valence-corrected chi connectivity index (χ1v) is 7.88. The standard InChI is InChI=1S/C12H18N2O5S/c1-7-3-9(4-8(2)18-7)19-12(15)11-5-10(6-14-11)20(13,16)17/h5-9,14H,3-4H2,1-2H3,(H2,13,16,17). The van der Waals surface area contributed by atoms with Crippen molar-refractivity contribution in [2.45, 2.75) is 49.9 Å². The summed E-state index contributed by atoms with van der Waals surface area (Å²) in [7, 11) is -3.83. The van der Waals surface area contributed by atoms with E-state index in [9.17, 15) is 13.2 Å². The van der Waals surface area contributed by atoms with E-state index < -0.39 is 16.0 Å². The predicted octanol–water partition coefficient (Wildman–Crippen LogP) is 0.775. The van der Waals surface area contributed by atoms with E-state index in [4.69, 9.17) is 14.6 Å². The van der Waals surface area contributed by atoms with E-state index in [1.54, 1.807) is 0 Å². The lowest BCUT2D eigenvalue weighted by atomic mass is 10.0. The molecule has 112 valence electrons. The fourth-order valence-electron chi connectivity index (χ4n) is 2.31. The van der Waals surface area contributed by atoms with Crippen molar-refractivity contribution < 1.29 is 22.7 Å². The van der Waals surface area contributed by atoms with Crippen LogP contribution in [0, 0.1) is 0 Å². The van der Waals surface area contributed by atoms with E-state index in [0.29, 0.717) is 12.8 Å². The van der Waals surface area contributed by atoms with Gasteiger partial charge in [0.05, 0.1) is 12.2 Å². The van der Waals surface area contributed by atoms with Gasteiger partial charge in [0.15, 0.2) is 0 Å². The van der Waals surface area contributed by atoms with Crippen LogP contribution in [0.25, 0.3) is 0 Å². The van der Waals surface area contributed by atoms with Crippen LogP contribution in [0.15, 0.2) is 17.2 Å². The lowest BCUT2D eigenvalue weighted by molar-refractivity contribution is -0.0856. The Hall–Kier alpha value is -1.38. The molecule has 1 fully saturated rings. The molecule has 0 amide bonds. The van der Waals surface area contributed by atoms with Crippen molar-refractivity contribution in [3.63, 3.8) is 0 Å². The van der Waals surface area contributed by atoms with Crippen molar-refractivity contribution in [3.8, 4) is 0 Å². The van der Waals surface area contributed by atoms with Crippen LogP contribution < -0.4 is 5.14 Å². The molecule has 0 saturated carbocycles. The number of esters is 1. The van der Waals surface area contributed by atoms with Gasteiger partial charge >= 0.3 is 5.97 Å². The average Bonchev–Trinajstić information content (AvgIpc) is 2.75. The Morgan fingerprint density at radius 2 is 2.00 bits per heavy atom. The quantitative estimate of drug-likeness (QED) is 0.801. The van der Waals surface area contributed by atoms with Gasteiger partial charge in [0.2, 0.25) is 10.0 Å². The normalized spacial score (nSPS) is 27.2. The number of aromatic nitrogens is 1. The fraction of sp³-hybridized carbons (Fsp3) is 0.583. The largest absolute Gasteiger partial charge is 0.458 e. The molecule has 1 aromatic rings. The summed E-state index contributed by atoms with van der Waals surface area (Å²) in [6, 6.07) is 1.17. The molecule has 0 spiro atoms. The van der Waals surface area contributed by atoms with E-state index >= 15 is 0 Å². The van der Waals surface area contributed by atoms with E-state index in [-0.39, 0.29) is 28.9 Å². The Morgan fingerprint density at radius 3 is 2.50 bits per heavy atom. The highest BCUT2D eigenvalue weighted by Crippen LogP contribution is 2.22. The highest BCUT2D eigenvalue weighted by atomic mass is 32.2. The first kappa shape index (κ1) is 15.0. The molecule has 8 heteroatoms. The molecular weight excluding hydrogens is 284 g/mol. The number of nitrogens with one attached hydrogen (secondary N) is 1. The summed E-state index contributed by atoms with van der Waals surface area (Å²) in [6.07, 6.45) is 2.24. The van der Waals surface area contributed by atoms with E-state index in [0.717, 1.165) is 0 Å². The third-order valence-electron chi connectivity index (χ3n) is 3.13. The summed E-state index contributed by atoms with van der Waals surface area (Å²) in [5.74, 6) is -0.591. The van der Waals surface area contributed by atoms with Crippen molar-refractivity contribution in [1.29, 1.82) is 0 Å². The molecule has 2 unspecified atom stereocenters. The maximum atomic E-state index is 11.9. The van der Waals surface area contributed by atoms with Gasteiger partial charge in [-0.3, -0.25) is 0 Å². The average molecular weight is 302 g/mol. The molecule has 1 saturated heterocycles. The van der Waals surface area contributed by atoms with Crippen LogP contribution in [0.2, 0.25) is 0 Å². The Morgan fingerprint density at radius 1 is 1.40 bits per heavy atom. The van der Waals surface area contributed by atoms with E-state index in [2.05, 4.69) is 4.98 Å². The Labute approximate surface area is 117 Å². The second kappa shape index (κ2) is 5.55. The highest BCUT2D eigenvalue weighted by Gasteiger charge is 2.28. The lowest BCUT2D eigenvalue weighted by Crippen LogP contribution is -2.35. The van der Waals surface area contributed by atoms with Crippen molar-refractivity contribution in [1.82, 2.24) is 4.98 Å². The number of carbonyl (C=O) groups excluding carboxylic acids is 1. The summed E-state index contributed by atoms with van der Waals surface area (Å²) >= 11 is 0. The van der Waals surface area contributed by atoms with Gasteiger partial charge in [-0.15, -0.1) is 0 Å². The van der Waals surface area contributed by atoms with Crippen LogP contribution in [0.1, 0.15) is 37.2 Å². The molecule has 0 bridgehead atoms. The minimum Gasteiger partial charge on any atom is -0.458 e. The SMILES string of the molecule is CC1CC(OC(=O)c2cc(S(N)(=O)=O)c[nH]2)CC(C)O1. The zero-order valence-electron chi connectivity index (χ0n) is 11.3. The molecule has 3 N–H and O–H groups in total. The number of nitrogens with two attached hydrogens (primary N) is 1. The molecule has 2 rings (SSSR count). The Bertz CT molecular complexity index is 585. The minimum absolute atomic E-state index is 0.0279. The number of hydrogen-bond donors (Lipinski definition) is 2. The monoisotopic (exact) mass is 302 g/mol. The zero-order valence-corrected chi connectivity index (χ0v) is 12.1. The molecule has 0 aromatic carbocycles. The van der Waals surface area contributed by atoms with Crippen LogP contribution in [0.5, 0.6) is 0 Å². The van der Waals surface area contributed by atoms with Crippen LogP contribution >= 0.6 is 0 Å². The van der Waals surface area contributed by atoms with Crippen molar-refractivity contribution in [2.75, 3.05) is 0 Å². The first-order valence-electron chi connectivity index (χ1n) is 6.33. The molecule has 2 atom stereocenters. The number of H-pyrrole nitrogens is 1. The van der Waals surface area contributed by atoms with Gasteiger partial charge < -0.3 is 14.5 Å². The van der Waals surface area contributed by atoms with Gasteiger partial charge in [-0.2, -0.15) is 0 Å². The third kappa shape index (κ3) is 3.59. The van der Waals surface area contributed by atoms with Crippen LogP contribution in [-0.2, 0) is 19.5 Å². The molecule has 1 aliphatic heterocycles. The number of carbonyl (C=O) groups is 1. The van der Waals surface area contributed by atoms with Gasteiger partial charge in [-0.1, -0.05) is 0 Å². The molecule has 20 heavy (non-hydrogen) atoms. The minimum atomic E-state index is -3.83. The summed E-state index contributed by atoms with van der Waals surface area (Å²) < 4.78 is 33.2. The van der Waals surface area contributed by atoms with Crippen molar-refractivity contribution >= 4 is 16.0 Å². The summed E-state index contributed by atoms with van der Waals surface area (Å²) in [5, 5.41) is 4.97. The second-order valence-electron chi connectivity index (χ2n) is 5.05. The van der Waals surface area contributed by atoms with Gasteiger partial charge in [-0.05, 0) is 19.9 Å². The number of sulfonamides is 1. The number of rotatable bonds is 3. The first-order chi connectivity index (χ1) is 9.25. The number of aromatic amines is 1. The topological polar surface area (TPSA) is 111 Å². The molecule has 0 aliphatic carbocycles. The molecule has 0 radical (unpaired) electrons. The molecular formula is C12H18N2O5S. The summed E-state index contributed by atoms with van der Waals surface area (Å²) in [4.78, 5) is 14.4. The summed E-state index contributed by atoms with van der Waals surface area (Å²) in [6.45, 7) is 3.84. The molecule has 1 aliphatic rings. The van der Waals surface area contributed by atoms with Crippen molar-refractivity contribution in [2.24, 2.45) is 5.14 Å². The van der Waals surface area contributed by atoms with Gasteiger partial charge in [0.1, 0.15) is 16.7 Å². The number of hydrogen-bond acceptors (Lipinski definition) is 5. The van der Waals surface area contributed by atoms with Crippen LogP contribution in [-0.4, -0.2) is 37.7 Å². The lowest BCUT2D eigenvalue weighted by Gasteiger charge is -2.31. The zero-order chi connectivity index (χ0) is 14.9. The third-order valence-corrected chi connectivity index (χ3v) is 4.03. The molecule has 7 nitrogen and oxygen atoms in total. The van der Waals surface area contributed by atoms with E-state index in [1.165, 1.54) is 12.3 Å². The maximum Gasteiger partial charge on any atom is 0.355 e. The van der Waals surface area contributed by atoms with Crippen LogP contribution in [0.4, 0.5) is 0 Å². The maximum absolute atomic E-state index is 11.9. The second-order valence-corrected chi connectivity index (χ2v) is 6.61. The molecule has 1 aromatic heterocycles. The van der Waals surface area contributed by atoms with Crippen LogP contribution in [0.3, 0.4) is 0 Å². The van der Waals surface area contributed by atoms with Gasteiger partial charge in [-0.25, -0.2) is 18.4 Å². The van der Waals surface area contributed by atoms with Gasteiger partial charge in [0.25, 0.3) is 0 Å². The summed E-state index contributed by atoms with van der Waals surface area (Å²) in [5.41, 5.74) is 0.0702. The smallest absolute Gasteiger partial charge is 0.355 e. The highest BCUT2D eigenvalue weighted by molar-refractivity contribution is 7.89. The Balaban J connectivity index is 2.03. The Kier molecular flexibility index (Phi) is 4.17. The number of ether oxygens (including phenoxy) is 2. The van der Waals surface area contributed by atoms with E-state index in [1.807, 2.05) is 13.8 Å².